The van der Waals surface area contributed by atoms with Crippen LogP contribution in [-0.4, -0.2) is 18.6 Å². The first-order valence-corrected chi connectivity index (χ1v) is 6.83. The quantitative estimate of drug-likeness (QED) is 0.793. The van der Waals surface area contributed by atoms with Crippen molar-refractivity contribution in [3.63, 3.8) is 0 Å². The molecule has 1 aromatic rings. The smallest absolute Gasteiger partial charge is 0.258 e. The van der Waals surface area contributed by atoms with Crippen LogP contribution in [0.1, 0.15) is 26.7 Å². The molecule has 1 rings (SSSR count). The van der Waals surface area contributed by atoms with Gasteiger partial charge in [0.15, 0.2) is 6.61 Å². The second-order valence-electron chi connectivity index (χ2n) is 4.06. The Kier molecular flexibility index (Phi) is 5.98. The van der Waals surface area contributed by atoms with Crippen molar-refractivity contribution in [2.45, 2.75) is 32.7 Å². The number of nitrogen functional groups attached to an aromatic ring is 1. The number of amides is 1. The van der Waals surface area contributed by atoms with E-state index in [0.29, 0.717) is 11.4 Å². The van der Waals surface area contributed by atoms with Gasteiger partial charge in [0.05, 0.1) is 4.47 Å². The zero-order valence-corrected chi connectivity index (χ0v) is 12.3. The second kappa shape index (κ2) is 7.26. The fraction of sp³-hybridized carbons (Fsp3) is 0.462. The summed E-state index contributed by atoms with van der Waals surface area (Å²) in [7, 11) is 0. The highest BCUT2D eigenvalue weighted by atomic mass is 79.9. The fourth-order valence-electron chi connectivity index (χ4n) is 1.54. The molecule has 0 heterocycles. The molecule has 0 atom stereocenters. The molecule has 18 heavy (non-hydrogen) atoms. The van der Waals surface area contributed by atoms with Crippen molar-refractivity contribution in [3.8, 4) is 5.75 Å². The molecule has 0 aliphatic heterocycles. The van der Waals surface area contributed by atoms with Gasteiger partial charge in [0.2, 0.25) is 0 Å². The van der Waals surface area contributed by atoms with Gasteiger partial charge in [-0.05, 0) is 40.9 Å². The molecule has 1 amide bonds. The maximum atomic E-state index is 11.7. The van der Waals surface area contributed by atoms with Crippen molar-refractivity contribution in [3.05, 3.63) is 22.7 Å². The van der Waals surface area contributed by atoms with E-state index in [4.69, 9.17) is 10.5 Å². The Morgan fingerprint density at radius 1 is 1.44 bits per heavy atom. The number of rotatable bonds is 6. The minimum absolute atomic E-state index is 0.00144. The first-order chi connectivity index (χ1) is 8.56. The first-order valence-electron chi connectivity index (χ1n) is 6.04. The Morgan fingerprint density at radius 2 is 2.11 bits per heavy atom. The molecule has 0 saturated carbocycles. The predicted octanol–water partition coefficient (Wildman–Crippen LogP) is 2.71. The van der Waals surface area contributed by atoms with Gasteiger partial charge >= 0.3 is 0 Å². The summed E-state index contributed by atoms with van der Waals surface area (Å²) in [5.41, 5.74) is 6.26. The number of anilines is 1. The third-order valence-electron chi connectivity index (χ3n) is 2.66. The Labute approximate surface area is 116 Å². The lowest BCUT2D eigenvalue weighted by molar-refractivity contribution is -0.123. The molecular weight excluding hydrogens is 296 g/mol. The monoisotopic (exact) mass is 314 g/mol. The van der Waals surface area contributed by atoms with Crippen LogP contribution >= 0.6 is 15.9 Å². The third kappa shape index (κ3) is 4.56. The summed E-state index contributed by atoms with van der Waals surface area (Å²) < 4.78 is 6.21. The van der Waals surface area contributed by atoms with Gasteiger partial charge in [-0.3, -0.25) is 4.79 Å². The summed E-state index contributed by atoms with van der Waals surface area (Å²) in [6.07, 6.45) is 1.84. The summed E-state index contributed by atoms with van der Waals surface area (Å²) >= 11 is 3.35. The number of halogens is 1. The fourth-order valence-corrected chi connectivity index (χ4v) is 1.90. The molecule has 0 bridgehead atoms. The van der Waals surface area contributed by atoms with E-state index in [2.05, 4.69) is 21.2 Å². The van der Waals surface area contributed by atoms with Crippen LogP contribution in [0.2, 0.25) is 0 Å². The van der Waals surface area contributed by atoms with Gasteiger partial charge < -0.3 is 15.8 Å². The van der Waals surface area contributed by atoms with Gasteiger partial charge in [0.1, 0.15) is 5.75 Å². The van der Waals surface area contributed by atoms with Gasteiger partial charge in [-0.25, -0.2) is 0 Å². The number of carbonyl (C=O) groups excluding carboxylic acids is 1. The lowest BCUT2D eigenvalue weighted by Gasteiger charge is -2.15. The van der Waals surface area contributed by atoms with Crippen LogP contribution in [0, 0.1) is 0 Å². The van der Waals surface area contributed by atoms with E-state index in [-0.39, 0.29) is 18.6 Å². The van der Waals surface area contributed by atoms with Crippen LogP contribution in [0.3, 0.4) is 0 Å². The number of ether oxygens (including phenoxy) is 1. The summed E-state index contributed by atoms with van der Waals surface area (Å²) in [5.74, 6) is 0.465. The average Bonchev–Trinajstić information content (AvgIpc) is 2.37. The van der Waals surface area contributed by atoms with E-state index < -0.39 is 0 Å². The average molecular weight is 315 g/mol. The van der Waals surface area contributed by atoms with E-state index in [9.17, 15) is 4.79 Å². The second-order valence-corrected chi connectivity index (χ2v) is 4.91. The molecule has 0 fully saturated rings. The summed E-state index contributed by atoms with van der Waals surface area (Å²) in [5, 5.41) is 2.91. The van der Waals surface area contributed by atoms with Crippen molar-refractivity contribution >= 4 is 27.5 Å². The number of nitrogens with one attached hydrogen (secondary N) is 1. The third-order valence-corrected chi connectivity index (χ3v) is 3.32. The van der Waals surface area contributed by atoms with E-state index in [1.807, 2.05) is 13.8 Å². The van der Waals surface area contributed by atoms with E-state index in [1.165, 1.54) is 0 Å². The number of hydrogen-bond donors (Lipinski definition) is 2. The van der Waals surface area contributed by atoms with Crippen LogP contribution in [-0.2, 0) is 4.79 Å². The molecule has 0 unspecified atom stereocenters. The van der Waals surface area contributed by atoms with Gasteiger partial charge in [-0.2, -0.15) is 0 Å². The normalized spacial score (nSPS) is 10.4. The first kappa shape index (κ1) is 14.8. The van der Waals surface area contributed by atoms with Crippen molar-refractivity contribution in [2.24, 2.45) is 0 Å². The molecule has 1 aromatic carbocycles. The molecule has 0 aliphatic carbocycles. The van der Waals surface area contributed by atoms with Gasteiger partial charge in [0, 0.05) is 17.8 Å². The molecule has 0 spiro atoms. The predicted molar refractivity (Wildman–Crippen MR) is 76.6 cm³/mol. The molecule has 0 radical (unpaired) electrons. The molecule has 100 valence electrons. The van der Waals surface area contributed by atoms with Crippen LogP contribution in [0.4, 0.5) is 5.69 Å². The van der Waals surface area contributed by atoms with Crippen LogP contribution in [0.25, 0.3) is 0 Å². The zero-order chi connectivity index (χ0) is 13.5. The molecular formula is C13H19BrN2O2. The van der Waals surface area contributed by atoms with E-state index in [1.54, 1.807) is 18.2 Å². The molecule has 4 nitrogen and oxygen atoms in total. The molecule has 0 aromatic heterocycles. The van der Waals surface area contributed by atoms with Crippen molar-refractivity contribution in [1.29, 1.82) is 0 Å². The number of carbonyl (C=O) groups is 1. The number of benzene rings is 1. The zero-order valence-electron chi connectivity index (χ0n) is 10.7. The van der Waals surface area contributed by atoms with Gasteiger partial charge in [0.25, 0.3) is 5.91 Å². The summed E-state index contributed by atoms with van der Waals surface area (Å²) in [6.45, 7) is 4.09. The maximum Gasteiger partial charge on any atom is 0.258 e. The molecule has 3 N–H and O–H groups in total. The Balaban J connectivity index is 2.49. The molecule has 0 aliphatic rings. The largest absolute Gasteiger partial charge is 0.483 e. The Morgan fingerprint density at radius 3 is 2.72 bits per heavy atom. The highest BCUT2D eigenvalue weighted by Crippen LogP contribution is 2.26. The Hall–Kier alpha value is -1.23. The lowest BCUT2D eigenvalue weighted by atomic mass is 10.2. The van der Waals surface area contributed by atoms with Crippen LogP contribution in [0.5, 0.6) is 5.75 Å². The van der Waals surface area contributed by atoms with Crippen molar-refractivity contribution < 1.29 is 9.53 Å². The minimum atomic E-state index is -0.113. The minimum Gasteiger partial charge on any atom is -0.483 e. The summed E-state index contributed by atoms with van der Waals surface area (Å²) in [4.78, 5) is 11.7. The number of hydrogen-bond acceptors (Lipinski definition) is 3. The Bertz CT molecular complexity index is 406. The lowest BCUT2D eigenvalue weighted by Crippen LogP contribution is -2.37. The van der Waals surface area contributed by atoms with E-state index in [0.717, 1.165) is 17.3 Å². The standard InChI is InChI=1S/C13H19BrN2O2/c1-3-10(4-2)16-13(17)8-18-12-7-9(15)5-6-11(12)14/h5-7,10H,3-4,8,15H2,1-2H3,(H,16,17). The topological polar surface area (TPSA) is 64.3 Å². The van der Waals surface area contributed by atoms with Gasteiger partial charge in [-0.15, -0.1) is 0 Å². The number of nitrogens with two attached hydrogens (primary N) is 1. The summed E-state index contributed by atoms with van der Waals surface area (Å²) in [6, 6.07) is 5.46. The highest BCUT2D eigenvalue weighted by Gasteiger charge is 2.10. The maximum absolute atomic E-state index is 11.7. The van der Waals surface area contributed by atoms with Crippen LogP contribution < -0.4 is 15.8 Å². The van der Waals surface area contributed by atoms with Crippen LogP contribution in [0.15, 0.2) is 22.7 Å². The van der Waals surface area contributed by atoms with Gasteiger partial charge in [-0.1, -0.05) is 13.8 Å². The van der Waals surface area contributed by atoms with Crippen molar-refractivity contribution in [1.82, 2.24) is 5.32 Å². The SMILES string of the molecule is CCC(CC)NC(=O)COc1cc(N)ccc1Br. The van der Waals surface area contributed by atoms with Crippen molar-refractivity contribution in [2.75, 3.05) is 12.3 Å². The highest BCUT2D eigenvalue weighted by molar-refractivity contribution is 9.10. The van der Waals surface area contributed by atoms with E-state index >= 15 is 0 Å². The molecule has 0 saturated heterocycles. The molecule has 5 heteroatoms.